The summed E-state index contributed by atoms with van der Waals surface area (Å²) in [5, 5.41) is 13.5. The number of nitro benzene ring substituents is 1. The van der Waals surface area contributed by atoms with E-state index in [2.05, 4.69) is 10.1 Å². The van der Waals surface area contributed by atoms with Gasteiger partial charge in [-0.2, -0.15) is 0 Å². The van der Waals surface area contributed by atoms with Crippen LogP contribution >= 0.6 is 11.6 Å². The first-order chi connectivity index (χ1) is 9.35. The Balaban J connectivity index is 2.89. The SMILES string of the molecule is COC(=O)CC(C)NC(=O)c1cc(Cl)ccc1[N+](=O)[O-]. The molecule has 0 bridgehead atoms. The fraction of sp³-hybridized carbons (Fsp3) is 0.333. The number of nitrogens with zero attached hydrogens (tertiary/aromatic N) is 1. The van der Waals surface area contributed by atoms with Crippen LogP contribution in [-0.4, -0.2) is 30.0 Å². The third kappa shape index (κ3) is 4.20. The first kappa shape index (κ1) is 15.9. The summed E-state index contributed by atoms with van der Waals surface area (Å²) in [4.78, 5) is 33.2. The van der Waals surface area contributed by atoms with Gasteiger partial charge in [0.15, 0.2) is 0 Å². The molecule has 0 aliphatic heterocycles. The number of hydrogen-bond acceptors (Lipinski definition) is 5. The Morgan fingerprint density at radius 2 is 2.15 bits per heavy atom. The molecule has 0 aliphatic carbocycles. The first-order valence-corrected chi connectivity index (χ1v) is 6.04. The van der Waals surface area contributed by atoms with Crippen molar-refractivity contribution in [3.8, 4) is 0 Å². The molecule has 0 saturated heterocycles. The number of methoxy groups -OCH3 is 1. The number of carbonyl (C=O) groups excluding carboxylic acids is 2. The lowest BCUT2D eigenvalue weighted by Crippen LogP contribution is -2.34. The predicted octanol–water partition coefficient (Wildman–Crippen LogP) is 1.93. The van der Waals surface area contributed by atoms with Crippen LogP contribution < -0.4 is 5.32 Å². The molecule has 7 nitrogen and oxygen atoms in total. The van der Waals surface area contributed by atoms with E-state index in [0.29, 0.717) is 0 Å². The maximum absolute atomic E-state index is 12.0. The maximum atomic E-state index is 12.0. The largest absolute Gasteiger partial charge is 0.469 e. The minimum Gasteiger partial charge on any atom is -0.469 e. The van der Waals surface area contributed by atoms with Gasteiger partial charge in [-0.05, 0) is 19.1 Å². The number of esters is 1. The zero-order valence-electron chi connectivity index (χ0n) is 10.9. The molecule has 0 aliphatic rings. The highest BCUT2D eigenvalue weighted by atomic mass is 35.5. The fourth-order valence-electron chi connectivity index (χ4n) is 1.54. The Morgan fingerprint density at radius 3 is 2.70 bits per heavy atom. The van der Waals surface area contributed by atoms with Gasteiger partial charge in [-0.15, -0.1) is 0 Å². The summed E-state index contributed by atoms with van der Waals surface area (Å²) in [6, 6.07) is 3.17. The topological polar surface area (TPSA) is 98.5 Å². The Morgan fingerprint density at radius 1 is 1.50 bits per heavy atom. The van der Waals surface area contributed by atoms with Crippen molar-refractivity contribution in [1.82, 2.24) is 5.32 Å². The van der Waals surface area contributed by atoms with Gasteiger partial charge < -0.3 is 10.1 Å². The Bertz CT molecular complexity index is 547. The number of amides is 1. The minimum atomic E-state index is -0.671. The van der Waals surface area contributed by atoms with E-state index >= 15 is 0 Å². The van der Waals surface area contributed by atoms with E-state index in [4.69, 9.17) is 11.6 Å². The third-order valence-corrected chi connectivity index (χ3v) is 2.71. The van der Waals surface area contributed by atoms with Crippen molar-refractivity contribution in [3.05, 3.63) is 38.9 Å². The van der Waals surface area contributed by atoms with Crippen LogP contribution in [-0.2, 0) is 9.53 Å². The summed E-state index contributed by atoms with van der Waals surface area (Å²) < 4.78 is 4.47. The van der Waals surface area contributed by atoms with Crippen LogP contribution in [0.3, 0.4) is 0 Å². The number of rotatable bonds is 5. The highest BCUT2D eigenvalue weighted by Crippen LogP contribution is 2.22. The van der Waals surface area contributed by atoms with E-state index in [1.54, 1.807) is 6.92 Å². The van der Waals surface area contributed by atoms with Crippen LogP contribution in [0.5, 0.6) is 0 Å². The Labute approximate surface area is 120 Å². The van der Waals surface area contributed by atoms with Gasteiger partial charge in [-0.1, -0.05) is 11.6 Å². The van der Waals surface area contributed by atoms with Gasteiger partial charge in [-0.25, -0.2) is 0 Å². The van der Waals surface area contributed by atoms with E-state index in [-0.39, 0.29) is 22.7 Å². The molecule has 0 radical (unpaired) electrons. The highest BCUT2D eigenvalue weighted by Gasteiger charge is 2.22. The number of halogens is 1. The van der Waals surface area contributed by atoms with E-state index in [1.807, 2.05) is 0 Å². The second-order valence-corrected chi connectivity index (χ2v) is 4.51. The van der Waals surface area contributed by atoms with Crippen molar-refractivity contribution >= 4 is 29.2 Å². The molecular weight excluding hydrogens is 288 g/mol. The zero-order valence-corrected chi connectivity index (χ0v) is 11.6. The van der Waals surface area contributed by atoms with Crippen LogP contribution in [0.4, 0.5) is 5.69 Å². The lowest BCUT2D eigenvalue weighted by atomic mass is 10.1. The normalized spacial score (nSPS) is 11.6. The lowest BCUT2D eigenvalue weighted by molar-refractivity contribution is -0.385. The predicted molar refractivity (Wildman–Crippen MR) is 71.7 cm³/mol. The van der Waals surface area contributed by atoms with Crippen LogP contribution in [0, 0.1) is 10.1 Å². The Hall–Kier alpha value is -2.15. The van der Waals surface area contributed by atoms with Gasteiger partial charge in [-0.3, -0.25) is 19.7 Å². The average Bonchev–Trinajstić information content (AvgIpc) is 2.37. The molecule has 108 valence electrons. The number of hydrogen-bond donors (Lipinski definition) is 1. The van der Waals surface area contributed by atoms with E-state index in [1.165, 1.54) is 19.2 Å². The van der Waals surface area contributed by atoms with Crippen molar-refractivity contribution < 1.29 is 19.2 Å². The summed E-state index contributed by atoms with van der Waals surface area (Å²) in [6.45, 7) is 1.59. The van der Waals surface area contributed by atoms with Crippen molar-refractivity contribution in [3.63, 3.8) is 0 Å². The third-order valence-electron chi connectivity index (χ3n) is 2.48. The van der Waals surface area contributed by atoms with E-state index in [0.717, 1.165) is 6.07 Å². The average molecular weight is 301 g/mol. The number of benzene rings is 1. The minimum absolute atomic E-state index is 0.0311. The van der Waals surface area contributed by atoms with E-state index < -0.39 is 22.8 Å². The molecule has 0 spiro atoms. The van der Waals surface area contributed by atoms with Gasteiger partial charge in [0.2, 0.25) is 0 Å². The van der Waals surface area contributed by atoms with Gasteiger partial charge in [0.25, 0.3) is 11.6 Å². The lowest BCUT2D eigenvalue weighted by Gasteiger charge is -2.12. The molecule has 1 aromatic rings. The van der Waals surface area contributed by atoms with Gasteiger partial charge >= 0.3 is 5.97 Å². The van der Waals surface area contributed by atoms with Crippen LogP contribution in [0.1, 0.15) is 23.7 Å². The number of carbonyl (C=O) groups is 2. The molecule has 1 rings (SSSR count). The van der Waals surface area contributed by atoms with E-state index in [9.17, 15) is 19.7 Å². The standard InChI is InChI=1S/C12H13ClN2O5/c1-7(5-11(16)20-2)14-12(17)9-6-8(13)3-4-10(9)15(18)19/h3-4,6-7H,5H2,1-2H3,(H,14,17). The van der Waals surface area contributed by atoms with Crippen LogP contribution in [0.15, 0.2) is 18.2 Å². The molecule has 0 fully saturated rings. The van der Waals surface area contributed by atoms with Crippen LogP contribution in [0.2, 0.25) is 5.02 Å². The molecular formula is C12H13ClN2O5. The zero-order chi connectivity index (χ0) is 15.3. The molecule has 8 heteroatoms. The fourth-order valence-corrected chi connectivity index (χ4v) is 1.71. The molecule has 1 N–H and O–H groups in total. The van der Waals surface area contributed by atoms with Crippen molar-refractivity contribution in [2.24, 2.45) is 0 Å². The molecule has 0 heterocycles. The summed E-state index contributed by atoms with van der Waals surface area (Å²) in [6.07, 6.45) is -0.0311. The summed E-state index contributed by atoms with van der Waals surface area (Å²) >= 11 is 5.73. The monoisotopic (exact) mass is 300 g/mol. The highest BCUT2D eigenvalue weighted by molar-refractivity contribution is 6.31. The second kappa shape index (κ2) is 6.85. The van der Waals surface area contributed by atoms with Crippen molar-refractivity contribution in [2.45, 2.75) is 19.4 Å². The smallest absolute Gasteiger partial charge is 0.307 e. The molecule has 20 heavy (non-hydrogen) atoms. The van der Waals surface area contributed by atoms with Gasteiger partial charge in [0.1, 0.15) is 5.56 Å². The number of nitro groups is 1. The maximum Gasteiger partial charge on any atom is 0.307 e. The van der Waals surface area contributed by atoms with Crippen molar-refractivity contribution in [1.29, 1.82) is 0 Å². The number of nitrogens with one attached hydrogen (secondary N) is 1. The first-order valence-electron chi connectivity index (χ1n) is 5.66. The molecule has 1 aromatic carbocycles. The van der Waals surface area contributed by atoms with Crippen molar-refractivity contribution in [2.75, 3.05) is 7.11 Å². The van der Waals surface area contributed by atoms with Gasteiger partial charge in [0, 0.05) is 17.1 Å². The summed E-state index contributed by atoms with van der Waals surface area (Å²) in [5.41, 5.74) is -0.503. The van der Waals surface area contributed by atoms with Crippen LogP contribution in [0.25, 0.3) is 0 Å². The van der Waals surface area contributed by atoms with Gasteiger partial charge in [0.05, 0.1) is 18.5 Å². The quantitative estimate of drug-likeness (QED) is 0.509. The molecule has 0 saturated carbocycles. The molecule has 1 atom stereocenters. The molecule has 1 unspecified atom stereocenters. The molecule has 0 aromatic heterocycles. The molecule has 1 amide bonds. The summed E-state index contributed by atoms with van der Waals surface area (Å²) in [7, 11) is 1.23. The second-order valence-electron chi connectivity index (χ2n) is 4.07. The summed E-state index contributed by atoms with van der Waals surface area (Å²) in [5.74, 6) is -1.16. The Kier molecular flexibility index (Phi) is 5.45. The number of ether oxygens (including phenoxy) is 1.